The fourth-order valence-electron chi connectivity index (χ4n) is 9.44. The van der Waals surface area contributed by atoms with E-state index in [1.807, 2.05) is 11.8 Å². The zero-order valence-corrected chi connectivity index (χ0v) is 47.2. The molecule has 0 saturated carbocycles. The van der Waals surface area contributed by atoms with E-state index in [9.17, 15) is 4.57 Å². The van der Waals surface area contributed by atoms with Gasteiger partial charge in [0.15, 0.2) is 23.0 Å². The lowest BCUT2D eigenvalue weighted by molar-refractivity contribution is 0.260. The van der Waals surface area contributed by atoms with Gasteiger partial charge in [-0.15, -0.1) is 11.8 Å². The first kappa shape index (κ1) is 60.7. The molecule has 10 heteroatoms. The predicted molar refractivity (Wildman–Crippen MR) is 306 cm³/mol. The smallest absolute Gasteiger partial charge is 0.325 e. The highest BCUT2D eigenvalue weighted by Gasteiger charge is 2.21. The molecule has 0 aliphatic heterocycles. The van der Waals surface area contributed by atoms with E-state index in [1.54, 1.807) is 0 Å². The molecule has 2 N–H and O–H groups in total. The topological polar surface area (TPSA) is 104 Å². The third-order valence-electron chi connectivity index (χ3n) is 13.8. The van der Waals surface area contributed by atoms with Crippen LogP contribution in [0.5, 0.6) is 28.7 Å². The van der Waals surface area contributed by atoms with Crippen LogP contribution in [-0.4, -0.2) is 54.7 Å². The van der Waals surface area contributed by atoms with Gasteiger partial charge in [-0.05, 0) is 119 Å². The number of fused-ring (bicyclic) bond motifs is 6. The molecule has 0 unspecified atom stereocenters. The zero-order chi connectivity index (χ0) is 50.8. The maximum atomic E-state index is 11.0. The molecule has 0 heterocycles. The van der Waals surface area contributed by atoms with Crippen LogP contribution >= 0.6 is 19.4 Å². The second-order valence-corrected chi connectivity index (χ2v) is 23.1. The summed E-state index contributed by atoms with van der Waals surface area (Å²) >= 11 is 1.95. The molecule has 0 atom stereocenters. The van der Waals surface area contributed by atoms with E-state index in [4.69, 9.17) is 33.5 Å². The Bertz CT molecular complexity index is 2040. The van der Waals surface area contributed by atoms with Crippen molar-refractivity contribution in [2.75, 3.05) is 44.9 Å². The van der Waals surface area contributed by atoms with Crippen molar-refractivity contribution in [3.05, 3.63) is 36.4 Å². The van der Waals surface area contributed by atoms with Crippen LogP contribution in [0, 0.1) is 0 Å². The Hall–Kier alpha value is -2.84. The van der Waals surface area contributed by atoms with Crippen LogP contribution in [-0.2, 0) is 4.57 Å². The summed E-state index contributed by atoms with van der Waals surface area (Å²) in [5.74, 6) is 5.31. The summed E-state index contributed by atoms with van der Waals surface area (Å²) in [6.45, 7) is 14.5. The first-order valence-corrected chi connectivity index (χ1v) is 31.9. The number of ether oxygens (including phenoxy) is 5. The summed E-state index contributed by atoms with van der Waals surface area (Å²) in [5, 5.41) is 6.95. The maximum absolute atomic E-state index is 11.0. The molecule has 4 rings (SSSR count). The molecule has 4 aromatic rings. The third-order valence-corrected chi connectivity index (χ3v) is 15.8. The van der Waals surface area contributed by atoms with Crippen LogP contribution in [0.25, 0.3) is 32.3 Å². The van der Waals surface area contributed by atoms with Crippen LogP contribution in [0.4, 0.5) is 0 Å². The Balaban J connectivity index is 1.55. The molecule has 0 bridgehead atoms. The summed E-state index contributed by atoms with van der Waals surface area (Å²) in [6.07, 6.45) is 36.0. The van der Waals surface area contributed by atoms with Gasteiger partial charge >= 0.3 is 7.60 Å². The van der Waals surface area contributed by atoms with E-state index < -0.39 is 7.60 Å². The predicted octanol–water partition coefficient (Wildman–Crippen LogP) is 19.5. The van der Waals surface area contributed by atoms with Crippen molar-refractivity contribution in [1.29, 1.82) is 0 Å². The van der Waals surface area contributed by atoms with Gasteiger partial charge in [0.25, 0.3) is 0 Å². The summed E-state index contributed by atoms with van der Waals surface area (Å²) in [4.78, 5) is 19.2. The maximum Gasteiger partial charge on any atom is 0.325 e. The molecule has 402 valence electrons. The van der Waals surface area contributed by atoms with Gasteiger partial charge in [-0.25, -0.2) is 0 Å². The summed E-state index contributed by atoms with van der Waals surface area (Å²) in [6, 6.07) is 13.7. The number of rotatable bonds is 45. The van der Waals surface area contributed by atoms with Crippen LogP contribution in [0.15, 0.2) is 41.3 Å². The molecule has 0 radical (unpaired) electrons. The lowest BCUT2D eigenvalue weighted by Gasteiger charge is -2.20. The van der Waals surface area contributed by atoms with Crippen LogP contribution in [0.2, 0.25) is 0 Å². The Morgan fingerprint density at radius 1 is 0.338 bits per heavy atom. The number of unbranched alkanes of at least 4 members (excludes halogenated alkanes) is 25. The second kappa shape index (κ2) is 37.0. The zero-order valence-electron chi connectivity index (χ0n) is 45.5. The molecule has 0 spiro atoms. The van der Waals surface area contributed by atoms with E-state index in [1.165, 1.54) is 93.8 Å². The fraction of sp³-hybridized carbons (Fsp3) is 0.705. The monoisotopic (exact) mass is 1020 g/mol. The first-order valence-electron chi connectivity index (χ1n) is 29.1. The average molecular weight is 1020 g/mol. The van der Waals surface area contributed by atoms with Crippen molar-refractivity contribution in [3.63, 3.8) is 0 Å². The molecule has 0 fully saturated rings. The molecular weight excluding hydrogens is 924 g/mol. The molecule has 0 aliphatic carbocycles. The molecule has 0 aliphatic rings. The van der Waals surface area contributed by atoms with E-state index in [2.05, 4.69) is 71.0 Å². The normalized spacial score (nSPS) is 11.9. The van der Waals surface area contributed by atoms with Crippen LogP contribution < -0.4 is 23.7 Å². The van der Waals surface area contributed by atoms with Gasteiger partial charge in [0, 0.05) is 6.16 Å². The number of hydrogen-bond acceptors (Lipinski definition) is 7. The highest BCUT2D eigenvalue weighted by molar-refractivity contribution is 7.99. The van der Waals surface area contributed by atoms with Gasteiger partial charge in [0.05, 0.1) is 37.9 Å². The summed E-state index contributed by atoms with van der Waals surface area (Å²) in [7, 11) is -3.83. The van der Waals surface area contributed by atoms with Crippen molar-refractivity contribution in [2.45, 2.75) is 239 Å². The molecular formula is C61H99O8PS. The SMILES string of the molecule is CCCCCOc1cc2c3cc(OCCCCC)c(OCCCCC)cc3c3cc(SCCCCCCCCCCCCCCCCCCP(=O)(O)O)c(OCCCCC)cc3c2cc1OCCCCC. The average Bonchev–Trinajstić information content (AvgIpc) is 3.36. The third kappa shape index (κ3) is 23.5. The molecule has 0 aromatic heterocycles. The lowest BCUT2D eigenvalue weighted by atomic mass is 9.93. The summed E-state index contributed by atoms with van der Waals surface area (Å²) in [5.41, 5.74) is 0. The van der Waals surface area contributed by atoms with Crippen molar-refractivity contribution in [2.24, 2.45) is 0 Å². The van der Waals surface area contributed by atoms with Gasteiger partial charge in [-0.1, -0.05) is 189 Å². The van der Waals surface area contributed by atoms with Crippen molar-refractivity contribution < 1.29 is 38.0 Å². The highest BCUT2D eigenvalue weighted by atomic mass is 32.2. The first-order chi connectivity index (χ1) is 34.7. The lowest BCUT2D eigenvalue weighted by Crippen LogP contribution is -2.04. The minimum absolute atomic E-state index is 0.0348. The number of thioether (sulfide) groups is 1. The Labute approximate surface area is 436 Å². The van der Waals surface area contributed by atoms with E-state index in [0.717, 1.165) is 171 Å². The molecule has 0 saturated heterocycles. The molecule has 8 nitrogen and oxygen atoms in total. The highest BCUT2D eigenvalue weighted by Crippen LogP contribution is 2.47. The molecule has 0 amide bonds. The van der Waals surface area contributed by atoms with E-state index in [-0.39, 0.29) is 6.16 Å². The molecule has 71 heavy (non-hydrogen) atoms. The van der Waals surface area contributed by atoms with Crippen LogP contribution in [0.3, 0.4) is 0 Å². The van der Waals surface area contributed by atoms with Gasteiger partial charge in [-0.3, -0.25) is 4.57 Å². The van der Waals surface area contributed by atoms with Gasteiger partial charge in [0.1, 0.15) is 5.75 Å². The van der Waals surface area contributed by atoms with Crippen molar-refractivity contribution in [1.82, 2.24) is 0 Å². The quantitative estimate of drug-likeness (QED) is 0.0194. The Morgan fingerprint density at radius 3 is 0.887 bits per heavy atom. The standard InChI is InChI=1S/C61H99O8PS/c1-6-11-30-37-65-56-44-50-51-45-57(66-38-31-12-7-2)59(68-40-33-14-9-4)47-53(51)55-49-61(60(69-41-34-15-10-5)48-54(55)52(50)46-58(56)67-39-32-13-8-3)71-43-36-29-27-25-23-21-19-17-16-18-20-22-24-26-28-35-42-70(62,63)64/h44-49H,6-43H2,1-5H3,(H2,62,63,64). The Kier molecular flexibility index (Phi) is 31.6. The van der Waals surface area contributed by atoms with Gasteiger partial charge in [0.2, 0.25) is 0 Å². The minimum Gasteiger partial charge on any atom is -0.492 e. The second-order valence-electron chi connectivity index (χ2n) is 20.2. The van der Waals surface area contributed by atoms with Gasteiger partial charge < -0.3 is 33.5 Å². The van der Waals surface area contributed by atoms with Crippen LogP contribution in [0.1, 0.15) is 234 Å². The van der Waals surface area contributed by atoms with E-state index in [0.29, 0.717) is 39.5 Å². The Morgan fingerprint density at radius 2 is 0.592 bits per heavy atom. The minimum atomic E-state index is -3.83. The van der Waals surface area contributed by atoms with E-state index >= 15 is 0 Å². The fourth-order valence-corrected chi connectivity index (χ4v) is 11.1. The van der Waals surface area contributed by atoms with Crippen molar-refractivity contribution in [3.8, 4) is 28.7 Å². The summed E-state index contributed by atoms with van der Waals surface area (Å²) < 4.78 is 44.3. The van der Waals surface area contributed by atoms with Crippen molar-refractivity contribution >= 4 is 51.7 Å². The molecule has 4 aromatic carbocycles. The number of benzene rings is 4. The largest absolute Gasteiger partial charge is 0.492 e. The van der Waals surface area contributed by atoms with Gasteiger partial charge in [-0.2, -0.15) is 0 Å². The number of hydrogen-bond donors (Lipinski definition) is 2.